The monoisotopic (exact) mass is 331 g/mol. The van der Waals surface area contributed by atoms with E-state index in [1.807, 2.05) is 24.3 Å². The Balaban J connectivity index is 1.97. The van der Waals surface area contributed by atoms with Crippen molar-refractivity contribution in [2.45, 2.75) is 12.8 Å². The van der Waals surface area contributed by atoms with Crippen molar-refractivity contribution in [1.82, 2.24) is 0 Å². The molecule has 0 radical (unpaired) electrons. The van der Waals surface area contributed by atoms with Gasteiger partial charge in [-0.1, -0.05) is 12.1 Å². The Kier molecular flexibility index (Phi) is 5.89. The second-order valence-corrected chi connectivity index (χ2v) is 5.08. The van der Waals surface area contributed by atoms with Crippen molar-refractivity contribution in [2.75, 3.05) is 19.5 Å². The molecule has 0 fully saturated rings. The number of amides is 1. The Morgan fingerprint density at radius 2 is 1.79 bits per heavy atom. The van der Waals surface area contributed by atoms with E-state index < -0.39 is 11.8 Å². The van der Waals surface area contributed by atoms with Gasteiger partial charge in [-0.3, -0.25) is 4.79 Å². The third kappa shape index (κ3) is 4.55. The van der Waals surface area contributed by atoms with Crippen molar-refractivity contribution < 1.29 is 23.5 Å². The number of anilines is 1. The first-order chi connectivity index (χ1) is 11.5. The Hall–Kier alpha value is -2.89. The summed E-state index contributed by atoms with van der Waals surface area (Å²) in [5, 5.41) is 2.48. The van der Waals surface area contributed by atoms with Gasteiger partial charge in [-0.05, 0) is 42.3 Å². The van der Waals surface area contributed by atoms with E-state index in [0.29, 0.717) is 6.42 Å². The summed E-state index contributed by atoms with van der Waals surface area (Å²) in [5.74, 6) is -0.805. The zero-order valence-corrected chi connectivity index (χ0v) is 13.5. The van der Waals surface area contributed by atoms with Crippen LogP contribution in [0.15, 0.2) is 42.5 Å². The molecule has 2 rings (SSSR count). The van der Waals surface area contributed by atoms with Crippen molar-refractivity contribution in [3.05, 3.63) is 59.4 Å². The van der Waals surface area contributed by atoms with Crippen molar-refractivity contribution in [1.29, 1.82) is 0 Å². The Morgan fingerprint density at radius 1 is 1.08 bits per heavy atom. The lowest BCUT2D eigenvalue weighted by molar-refractivity contribution is -0.116. The fourth-order valence-corrected chi connectivity index (χ4v) is 2.13. The minimum absolute atomic E-state index is 0.0439. The number of hydrogen-bond donors (Lipinski definition) is 1. The maximum absolute atomic E-state index is 13.8. The molecule has 126 valence electrons. The van der Waals surface area contributed by atoms with E-state index in [-0.39, 0.29) is 23.6 Å². The molecule has 0 bridgehead atoms. The average molecular weight is 331 g/mol. The molecule has 1 N–H and O–H groups in total. The molecule has 0 saturated heterocycles. The molecule has 0 aliphatic rings. The van der Waals surface area contributed by atoms with E-state index in [4.69, 9.17) is 4.74 Å². The maximum atomic E-state index is 13.8. The van der Waals surface area contributed by atoms with Crippen LogP contribution in [0.2, 0.25) is 0 Å². The van der Waals surface area contributed by atoms with Crippen LogP contribution in [-0.2, 0) is 16.0 Å². The average Bonchev–Trinajstić information content (AvgIpc) is 2.61. The maximum Gasteiger partial charge on any atom is 0.337 e. The van der Waals surface area contributed by atoms with E-state index >= 15 is 0 Å². The number of aryl methyl sites for hydroxylation is 1. The third-order valence-corrected chi connectivity index (χ3v) is 3.46. The van der Waals surface area contributed by atoms with Crippen molar-refractivity contribution in [3.8, 4) is 5.75 Å². The van der Waals surface area contributed by atoms with Gasteiger partial charge in [-0.25, -0.2) is 9.18 Å². The highest BCUT2D eigenvalue weighted by Gasteiger charge is 2.12. The summed E-state index contributed by atoms with van der Waals surface area (Å²) >= 11 is 0. The second kappa shape index (κ2) is 8.10. The van der Waals surface area contributed by atoms with Gasteiger partial charge in [-0.15, -0.1) is 0 Å². The zero-order valence-electron chi connectivity index (χ0n) is 13.5. The summed E-state index contributed by atoms with van der Waals surface area (Å²) in [6, 6.07) is 11.0. The predicted octanol–water partition coefficient (Wildman–Crippen LogP) is 3.19. The van der Waals surface area contributed by atoms with Crippen LogP contribution in [0, 0.1) is 5.82 Å². The van der Waals surface area contributed by atoms with E-state index in [0.717, 1.165) is 17.4 Å². The fourth-order valence-electron chi connectivity index (χ4n) is 2.13. The van der Waals surface area contributed by atoms with Crippen LogP contribution in [0.5, 0.6) is 5.75 Å². The van der Waals surface area contributed by atoms with Crippen LogP contribution in [0.4, 0.5) is 10.1 Å². The molecule has 0 saturated carbocycles. The minimum atomic E-state index is -0.611. The molecule has 0 unspecified atom stereocenters. The standard InChI is InChI=1S/C18H18FNO4/c1-23-14-7-3-12(4-8-14)5-10-17(21)20-16-11-13(18(22)24-2)6-9-15(16)19/h3-4,6-9,11H,5,10H2,1-2H3,(H,20,21). The molecule has 2 aromatic rings. The molecule has 0 heterocycles. The minimum Gasteiger partial charge on any atom is -0.497 e. The van der Waals surface area contributed by atoms with Crippen LogP contribution >= 0.6 is 0 Å². The highest BCUT2D eigenvalue weighted by Crippen LogP contribution is 2.18. The number of benzene rings is 2. The number of esters is 1. The van der Waals surface area contributed by atoms with Gasteiger partial charge in [-0.2, -0.15) is 0 Å². The quantitative estimate of drug-likeness (QED) is 0.826. The van der Waals surface area contributed by atoms with Gasteiger partial charge in [0.2, 0.25) is 5.91 Å². The Bertz CT molecular complexity index is 728. The van der Waals surface area contributed by atoms with Gasteiger partial charge >= 0.3 is 5.97 Å². The van der Waals surface area contributed by atoms with Crippen LogP contribution in [-0.4, -0.2) is 26.1 Å². The zero-order chi connectivity index (χ0) is 17.5. The summed E-state index contributed by atoms with van der Waals surface area (Å²) in [4.78, 5) is 23.5. The highest BCUT2D eigenvalue weighted by atomic mass is 19.1. The number of carbonyl (C=O) groups is 2. The van der Waals surface area contributed by atoms with Gasteiger partial charge in [0.25, 0.3) is 0 Å². The SMILES string of the molecule is COC(=O)c1ccc(F)c(NC(=O)CCc2ccc(OC)cc2)c1. The van der Waals surface area contributed by atoms with Crippen molar-refractivity contribution in [3.63, 3.8) is 0 Å². The van der Waals surface area contributed by atoms with E-state index in [9.17, 15) is 14.0 Å². The molecule has 24 heavy (non-hydrogen) atoms. The van der Waals surface area contributed by atoms with Crippen LogP contribution < -0.4 is 10.1 Å². The Labute approximate surface area is 139 Å². The molecule has 0 spiro atoms. The molecule has 6 heteroatoms. The molecule has 0 aromatic heterocycles. The number of ether oxygens (including phenoxy) is 2. The largest absolute Gasteiger partial charge is 0.497 e. The first-order valence-electron chi connectivity index (χ1n) is 7.34. The number of methoxy groups -OCH3 is 2. The van der Waals surface area contributed by atoms with Crippen LogP contribution in [0.3, 0.4) is 0 Å². The lowest BCUT2D eigenvalue weighted by Crippen LogP contribution is -2.14. The summed E-state index contributed by atoms with van der Waals surface area (Å²) in [5.41, 5.74) is 1.09. The molecule has 5 nitrogen and oxygen atoms in total. The molecule has 0 aliphatic heterocycles. The van der Waals surface area contributed by atoms with Gasteiger partial charge < -0.3 is 14.8 Å². The summed E-state index contributed by atoms with van der Waals surface area (Å²) < 4.78 is 23.4. The number of halogens is 1. The summed E-state index contributed by atoms with van der Waals surface area (Å²) in [7, 11) is 2.82. The van der Waals surface area contributed by atoms with Crippen molar-refractivity contribution >= 4 is 17.6 Å². The van der Waals surface area contributed by atoms with E-state index in [2.05, 4.69) is 10.1 Å². The predicted molar refractivity (Wildman–Crippen MR) is 87.7 cm³/mol. The number of hydrogen-bond acceptors (Lipinski definition) is 4. The van der Waals surface area contributed by atoms with Crippen LogP contribution in [0.25, 0.3) is 0 Å². The first kappa shape index (κ1) is 17.5. The third-order valence-electron chi connectivity index (χ3n) is 3.46. The van der Waals surface area contributed by atoms with Gasteiger partial charge in [0.05, 0.1) is 25.5 Å². The molecule has 1 amide bonds. The molecule has 2 aromatic carbocycles. The Morgan fingerprint density at radius 3 is 2.42 bits per heavy atom. The fraction of sp³-hybridized carbons (Fsp3) is 0.222. The van der Waals surface area contributed by atoms with E-state index in [1.54, 1.807) is 7.11 Å². The molecule has 0 atom stereocenters. The summed E-state index contributed by atoms with van der Waals surface area (Å²) in [6.45, 7) is 0. The smallest absolute Gasteiger partial charge is 0.337 e. The van der Waals surface area contributed by atoms with Gasteiger partial charge in [0.1, 0.15) is 11.6 Å². The molecular formula is C18H18FNO4. The lowest BCUT2D eigenvalue weighted by atomic mass is 10.1. The van der Waals surface area contributed by atoms with Crippen LogP contribution in [0.1, 0.15) is 22.3 Å². The summed E-state index contributed by atoms with van der Waals surface area (Å²) in [6.07, 6.45) is 0.697. The normalized spacial score (nSPS) is 10.1. The number of rotatable bonds is 6. The molecular weight excluding hydrogens is 313 g/mol. The van der Waals surface area contributed by atoms with Gasteiger partial charge in [0.15, 0.2) is 0 Å². The first-order valence-corrected chi connectivity index (χ1v) is 7.34. The number of carbonyl (C=O) groups excluding carboxylic acids is 2. The molecule has 0 aliphatic carbocycles. The topological polar surface area (TPSA) is 64.6 Å². The second-order valence-electron chi connectivity index (χ2n) is 5.08. The highest BCUT2D eigenvalue weighted by molar-refractivity contribution is 5.94. The van der Waals surface area contributed by atoms with Gasteiger partial charge in [0, 0.05) is 6.42 Å². The van der Waals surface area contributed by atoms with E-state index in [1.165, 1.54) is 19.2 Å². The lowest BCUT2D eigenvalue weighted by Gasteiger charge is -2.08. The van der Waals surface area contributed by atoms with Crippen molar-refractivity contribution in [2.24, 2.45) is 0 Å². The number of nitrogens with one attached hydrogen (secondary N) is 1.